The van der Waals surface area contributed by atoms with Gasteiger partial charge in [0, 0.05) is 35.1 Å². The van der Waals surface area contributed by atoms with Crippen LogP contribution in [0.25, 0.3) is 22.3 Å². The number of nitrogen functional groups attached to an aromatic ring is 1. The summed E-state index contributed by atoms with van der Waals surface area (Å²) in [6.45, 7) is 0.285. The molecule has 4 aromatic rings. The molecule has 0 radical (unpaired) electrons. The summed E-state index contributed by atoms with van der Waals surface area (Å²) in [5, 5.41) is 4.70. The minimum absolute atomic E-state index is 0.280. The molecule has 1 atom stereocenters. The van der Waals surface area contributed by atoms with Crippen LogP contribution in [0.1, 0.15) is 11.6 Å². The van der Waals surface area contributed by atoms with Gasteiger partial charge >= 0.3 is 0 Å². The van der Waals surface area contributed by atoms with Crippen LogP contribution in [0, 0.1) is 5.95 Å². The predicted octanol–water partition coefficient (Wildman–Crippen LogP) is 4.53. The highest BCUT2D eigenvalue weighted by Crippen LogP contribution is 2.37. The summed E-state index contributed by atoms with van der Waals surface area (Å²) < 4.78 is 16.5. The normalized spacial score (nSPS) is 12.1. The van der Waals surface area contributed by atoms with Gasteiger partial charge in [-0.25, -0.2) is 4.98 Å². The number of hydrogen-bond acceptors (Lipinski definition) is 4. The molecule has 0 aliphatic rings. The highest BCUT2D eigenvalue weighted by Gasteiger charge is 2.21. The summed E-state index contributed by atoms with van der Waals surface area (Å²) in [6.07, 6.45) is 3.21. The van der Waals surface area contributed by atoms with Gasteiger partial charge in [-0.2, -0.15) is 4.39 Å². The Labute approximate surface area is 172 Å². The number of rotatable bonds is 5. The zero-order valence-electron chi connectivity index (χ0n) is 15.5. The van der Waals surface area contributed by atoms with Gasteiger partial charge in [0.2, 0.25) is 5.95 Å². The second-order valence-electron chi connectivity index (χ2n) is 6.60. The molecule has 2 aromatic carbocycles. The Hall–Kier alpha value is -3.22. The number of nitrogens with two attached hydrogens (primary N) is 2. The van der Waals surface area contributed by atoms with Crippen molar-refractivity contribution < 1.29 is 4.39 Å². The second-order valence-corrected chi connectivity index (χ2v) is 7.04. The van der Waals surface area contributed by atoms with Crippen LogP contribution in [-0.4, -0.2) is 21.3 Å². The summed E-state index contributed by atoms with van der Waals surface area (Å²) in [5.74, 6) is -0.296. The van der Waals surface area contributed by atoms with Gasteiger partial charge in [-0.15, -0.1) is 5.10 Å². The Bertz CT molecular complexity index is 1130. The van der Waals surface area contributed by atoms with Crippen molar-refractivity contribution in [1.29, 1.82) is 0 Å². The summed E-state index contributed by atoms with van der Waals surface area (Å²) in [4.78, 5) is 4.17. The van der Waals surface area contributed by atoms with Gasteiger partial charge in [-0.1, -0.05) is 54.1 Å². The number of hydrogen-bond donors (Lipinski definition) is 2. The molecule has 5 nitrogen and oxygen atoms in total. The standard InChI is InChI=1S/C22H19ClFN5/c23-16-8-6-15(7-9-16)20-17(10-11-27-22(20)26)18-13-29(28-21(18)24)19(12-25)14-4-2-1-3-5-14/h1-11,13,19H,12,25H2,(H2,26,27). The molecule has 2 heterocycles. The van der Waals surface area contributed by atoms with Crippen molar-refractivity contribution in [3.8, 4) is 22.3 Å². The van der Waals surface area contributed by atoms with Crippen LogP contribution >= 0.6 is 11.6 Å². The molecule has 146 valence electrons. The molecule has 0 saturated heterocycles. The monoisotopic (exact) mass is 407 g/mol. The van der Waals surface area contributed by atoms with Gasteiger partial charge in [0.25, 0.3) is 0 Å². The quantitative estimate of drug-likeness (QED) is 0.509. The number of nitrogens with zero attached hydrogens (tertiary/aromatic N) is 3. The Morgan fingerprint density at radius 3 is 2.41 bits per heavy atom. The molecule has 0 fully saturated rings. The number of halogens is 2. The first kappa shape index (κ1) is 19.1. The number of anilines is 1. The molecule has 0 saturated carbocycles. The van der Waals surface area contributed by atoms with Crippen molar-refractivity contribution in [3.63, 3.8) is 0 Å². The maximum Gasteiger partial charge on any atom is 0.240 e. The fraction of sp³-hybridized carbons (Fsp3) is 0.0909. The van der Waals surface area contributed by atoms with Gasteiger partial charge in [-0.3, -0.25) is 4.68 Å². The number of aromatic nitrogens is 3. The third-order valence-electron chi connectivity index (χ3n) is 4.82. The highest BCUT2D eigenvalue weighted by atomic mass is 35.5. The number of pyridine rings is 1. The van der Waals surface area contributed by atoms with Gasteiger partial charge < -0.3 is 11.5 Å². The lowest BCUT2D eigenvalue weighted by Gasteiger charge is -2.15. The number of benzene rings is 2. The van der Waals surface area contributed by atoms with E-state index in [4.69, 9.17) is 23.1 Å². The lowest BCUT2D eigenvalue weighted by atomic mass is 9.97. The van der Waals surface area contributed by atoms with Gasteiger partial charge in [0.1, 0.15) is 5.82 Å². The fourth-order valence-corrected chi connectivity index (χ4v) is 3.53. The van der Waals surface area contributed by atoms with Crippen LogP contribution in [0.2, 0.25) is 5.02 Å². The first-order valence-corrected chi connectivity index (χ1v) is 9.46. The topological polar surface area (TPSA) is 82.8 Å². The molecule has 4 rings (SSSR count). The van der Waals surface area contributed by atoms with Gasteiger partial charge in [0.05, 0.1) is 11.6 Å². The van der Waals surface area contributed by atoms with E-state index in [-0.39, 0.29) is 12.6 Å². The van der Waals surface area contributed by atoms with E-state index in [2.05, 4.69) is 10.1 Å². The van der Waals surface area contributed by atoms with E-state index in [0.717, 1.165) is 11.1 Å². The third-order valence-corrected chi connectivity index (χ3v) is 5.07. The predicted molar refractivity (Wildman–Crippen MR) is 114 cm³/mol. The summed E-state index contributed by atoms with van der Waals surface area (Å²) in [5.41, 5.74) is 15.4. The average Bonchev–Trinajstić information content (AvgIpc) is 3.11. The lowest BCUT2D eigenvalue weighted by molar-refractivity contribution is 0.483. The fourth-order valence-electron chi connectivity index (χ4n) is 3.40. The molecule has 4 N–H and O–H groups in total. The smallest absolute Gasteiger partial charge is 0.240 e. The molecule has 29 heavy (non-hydrogen) atoms. The summed E-state index contributed by atoms with van der Waals surface area (Å²) in [6, 6.07) is 18.3. The molecule has 2 aromatic heterocycles. The molecule has 1 unspecified atom stereocenters. The Morgan fingerprint density at radius 2 is 1.72 bits per heavy atom. The third kappa shape index (κ3) is 3.72. The molecule has 0 bridgehead atoms. The van der Waals surface area contributed by atoms with Crippen LogP contribution in [0.15, 0.2) is 73.1 Å². The van der Waals surface area contributed by atoms with Crippen molar-refractivity contribution in [2.24, 2.45) is 5.73 Å². The molecule has 0 aliphatic carbocycles. The van der Waals surface area contributed by atoms with Crippen LogP contribution in [0.4, 0.5) is 10.2 Å². The largest absolute Gasteiger partial charge is 0.383 e. The Kier molecular flexibility index (Phi) is 5.29. The van der Waals surface area contributed by atoms with E-state index >= 15 is 0 Å². The molecule has 0 aliphatic heterocycles. The molecule has 0 amide bonds. The Balaban J connectivity index is 1.83. The van der Waals surface area contributed by atoms with E-state index in [9.17, 15) is 4.39 Å². The van der Waals surface area contributed by atoms with E-state index in [1.165, 1.54) is 0 Å². The lowest BCUT2D eigenvalue weighted by Crippen LogP contribution is -2.21. The summed E-state index contributed by atoms with van der Waals surface area (Å²) >= 11 is 6.00. The van der Waals surface area contributed by atoms with Crippen LogP contribution in [-0.2, 0) is 0 Å². The maximum absolute atomic E-state index is 14.9. The van der Waals surface area contributed by atoms with Crippen molar-refractivity contribution in [2.45, 2.75) is 6.04 Å². The average molecular weight is 408 g/mol. The van der Waals surface area contributed by atoms with Crippen molar-refractivity contribution in [2.75, 3.05) is 12.3 Å². The van der Waals surface area contributed by atoms with E-state index in [1.807, 2.05) is 42.5 Å². The van der Waals surface area contributed by atoms with Crippen molar-refractivity contribution in [3.05, 3.63) is 89.6 Å². The first-order chi connectivity index (χ1) is 14.1. The van der Waals surface area contributed by atoms with Crippen molar-refractivity contribution >= 4 is 17.4 Å². The zero-order valence-corrected chi connectivity index (χ0v) is 16.2. The molecular weight excluding hydrogens is 389 g/mol. The Morgan fingerprint density at radius 1 is 1.00 bits per heavy atom. The van der Waals surface area contributed by atoms with E-state index < -0.39 is 5.95 Å². The minimum atomic E-state index is -0.597. The SMILES string of the molecule is NCC(c1ccccc1)n1cc(-c2ccnc(N)c2-c2ccc(Cl)cc2)c(F)n1. The molecule has 7 heteroatoms. The van der Waals surface area contributed by atoms with Crippen LogP contribution < -0.4 is 11.5 Å². The van der Waals surface area contributed by atoms with Crippen LogP contribution in [0.3, 0.4) is 0 Å². The van der Waals surface area contributed by atoms with E-state index in [0.29, 0.717) is 27.5 Å². The minimum Gasteiger partial charge on any atom is -0.383 e. The maximum atomic E-state index is 14.9. The van der Waals surface area contributed by atoms with Crippen LogP contribution in [0.5, 0.6) is 0 Å². The van der Waals surface area contributed by atoms with E-state index in [1.54, 1.807) is 35.3 Å². The highest BCUT2D eigenvalue weighted by molar-refractivity contribution is 6.30. The molecule has 0 spiro atoms. The first-order valence-electron chi connectivity index (χ1n) is 9.09. The summed E-state index contributed by atoms with van der Waals surface area (Å²) in [7, 11) is 0. The second kappa shape index (κ2) is 8.03. The van der Waals surface area contributed by atoms with Crippen molar-refractivity contribution in [1.82, 2.24) is 14.8 Å². The van der Waals surface area contributed by atoms with Gasteiger partial charge in [0.15, 0.2) is 0 Å². The van der Waals surface area contributed by atoms with Gasteiger partial charge in [-0.05, 0) is 29.3 Å². The zero-order chi connectivity index (χ0) is 20.4. The molecular formula is C22H19ClFN5.